The highest BCUT2D eigenvalue weighted by molar-refractivity contribution is 6.01. The number of nitro benzene ring substituents is 1. The SMILES string of the molecule is CNc1c(C(=O)NCC2CC2(C)C)cccc1[N+](=O)[O-]. The molecule has 1 fully saturated rings. The predicted octanol–water partition coefficient (Wildman–Crippen LogP) is 2.41. The van der Waals surface area contributed by atoms with Crippen LogP contribution in [0.5, 0.6) is 0 Å². The van der Waals surface area contributed by atoms with Crippen LogP contribution in [0.1, 0.15) is 30.6 Å². The molecule has 6 nitrogen and oxygen atoms in total. The first-order chi connectivity index (χ1) is 9.36. The summed E-state index contributed by atoms with van der Waals surface area (Å²) in [6, 6.07) is 4.49. The van der Waals surface area contributed by atoms with Crippen molar-refractivity contribution in [1.82, 2.24) is 5.32 Å². The van der Waals surface area contributed by atoms with E-state index in [0.717, 1.165) is 6.42 Å². The van der Waals surface area contributed by atoms with Gasteiger partial charge in [-0.15, -0.1) is 0 Å². The smallest absolute Gasteiger partial charge is 0.293 e. The van der Waals surface area contributed by atoms with E-state index in [1.165, 1.54) is 12.1 Å². The molecule has 1 aliphatic carbocycles. The lowest BCUT2D eigenvalue weighted by Gasteiger charge is -2.10. The molecular weight excluding hydrogens is 258 g/mol. The Labute approximate surface area is 117 Å². The third-order valence-corrected chi connectivity index (χ3v) is 3.96. The minimum Gasteiger partial charge on any atom is -0.382 e. The van der Waals surface area contributed by atoms with E-state index in [1.807, 2.05) is 0 Å². The van der Waals surface area contributed by atoms with Gasteiger partial charge in [0, 0.05) is 19.7 Å². The Hall–Kier alpha value is -2.11. The monoisotopic (exact) mass is 277 g/mol. The number of carbonyl (C=O) groups is 1. The fourth-order valence-electron chi connectivity index (χ4n) is 2.38. The largest absolute Gasteiger partial charge is 0.382 e. The van der Waals surface area contributed by atoms with Crippen molar-refractivity contribution in [3.8, 4) is 0 Å². The minimum absolute atomic E-state index is 0.0908. The molecule has 0 bridgehead atoms. The van der Waals surface area contributed by atoms with Crippen molar-refractivity contribution in [3.05, 3.63) is 33.9 Å². The summed E-state index contributed by atoms with van der Waals surface area (Å²) in [5.74, 6) is 0.212. The van der Waals surface area contributed by atoms with Gasteiger partial charge in [-0.1, -0.05) is 19.9 Å². The maximum absolute atomic E-state index is 12.2. The minimum atomic E-state index is -0.493. The van der Waals surface area contributed by atoms with E-state index in [-0.39, 0.29) is 17.3 Å². The highest BCUT2D eigenvalue weighted by Crippen LogP contribution is 2.51. The zero-order valence-electron chi connectivity index (χ0n) is 11.9. The van der Waals surface area contributed by atoms with Gasteiger partial charge in [-0.2, -0.15) is 0 Å². The number of benzene rings is 1. The van der Waals surface area contributed by atoms with E-state index < -0.39 is 4.92 Å². The molecule has 1 unspecified atom stereocenters. The fourth-order valence-corrected chi connectivity index (χ4v) is 2.38. The van der Waals surface area contributed by atoms with E-state index >= 15 is 0 Å². The Bertz CT molecular complexity index is 555. The van der Waals surface area contributed by atoms with Crippen LogP contribution < -0.4 is 10.6 Å². The molecular formula is C14H19N3O3. The maximum atomic E-state index is 12.2. The summed E-state index contributed by atoms with van der Waals surface area (Å²) in [4.78, 5) is 22.6. The molecule has 2 N–H and O–H groups in total. The number of nitrogens with zero attached hydrogens (tertiary/aromatic N) is 1. The predicted molar refractivity (Wildman–Crippen MR) is 76.9 cm³/mol. The normalized spacial score (nSPS) is 19.2. The van der Waals surface area contributed by atoms with Gasteiger partial charge < -0.3 is 10.6 Å². The van der Waals surface area contributed by atoms with Crippen molar-refractivity contribution < 1.29 is 9.72 Å². The van der Waals surface area contributed by atoms with Gasteiger partial charge in [0.05, 0.1) is 10.5 Å². The number of para-hydroxylation sites is 1. The number of anilines is 1. The molecule has 0 aromatic heterocycles. The standard InChI is InChI=1S/C14H19N3O3/c1-14(2)7-9(14)8-16-13(18)10-5-4-6-11(17(19)20)12(10)15-3/h4-6,9,15H,7-8H2,1-3H3,(H,16,18). The number of carbonyl (C=O) groups excluding carboxylic acids is 1. The second-order valence-corrected chi connectivity index (χ2v) is 5.81. The summed E-state index contributed by atoms with van der Waals surface area (Å²) >= 11 is 0. The van der Waals surface area contributed by atoms with Gasteiger partial charge in [0.1, 0.15) is 5.69 Å². The van der Waals surface area contributed by atoms with E-state index in [0.29, 0.717) is 23.4 Å². The molecule has 1 aliphatic rings. The molecule has 6 heteroatoms. The van der Waals surface area contributed by atoms with Crippen LogP contribution in [-0.2, 0) is 0 Å². The van der Waals surface area contributed by atoms with Gasteiger partial charge in [0.2, 0.25) is 0 Å². The van der Waals surface area contributed by atoms with Crippen molar-refractivity contribution in [2.75, 3.05) is 18.9 Å². The molecule has 1 saturated carbocycles. The van der Waals surface area contributed by atoms with Crippen LogP contribution in [0.2, 0.25) is 0 Å². The topological polar surface area (TPSA) is 84.3 Å². The molecule has 0 saturated heterocycles. The summed E-state index contributed by atoms with van der Waals surface area (Å²) in [7, 11) is 1.57. The van der Waals surface area contributed by atoms with E-state index in [1.54, 1.807) is 13.1 Å². The van der Waals surface area contributed by atoms with E-state index in [4.69, 9.17) is 0 Å². The molecule has 0 spiro atoms. The highest BCUT2D eigenvalue weighted by atomic mass is 16.6. The van der Waals surface area contributed by atoms with Gasteiger partial charge >= 0.3 is 0 Å². The number of rotatable bonds is 5. The first-order valence-corrected chi connectivity index (χ1v) is 6.60. The molecule has 1 aromatic carbocycles. The zero-order chi connectivity index (χ0) is 14.9. The molecule has 0 radical (unpaired) electrons. The average Bonchev–Trinajstić information content (AvgIpc) is 3.02. The number of hydrogen-bond acceptors (Lipinski definition) is 4. The van der Waals surface area contributed by atoms with Crippen molar-refractivity contribution >= 4 is 17.3 Å². The van der Waals surface area contributed by atoms with Crippen LogP contribution in [0, 0.1) is 21.4 Å². The van der Waals surface area contributed by atoms with Crippen LogP contribution in [0.25, 0.3) is 0 Å². The van der Waals surface area contributed by atoms with Gasteiger partial charge in [0.25, 0.3) is 11.6 Å². The summed E-state index contributed by atoms with van der Waals surface area (Å²) in [5, 5.41) is 16.5. The van der Waals surface area contributed by atoms with E-state index in [2.05, 4.69) is 24.5 Å². The first-order valence-electron chi connectivity index (χ1n) is 6.60. The number of hydrogen-bond donors (Lipinski definition) is 2. The Balaban J connectivity index is 2.13. The van der Waals surface area contributed by atoms with Crippen molar-refractivity contribution in [2.45, 2.75) is 20.3 Å². The lowest BCUT2D eigenvalue weighted by Crippen LogP contribution is -2.27. The van der Waals surface area contributed by atoms with Gasteiger partial charge in [-0.05, 0) is 23.8 Å². The number of nitro groups is 1. The Morgan fingerprint density at radius 1 is 1.50 bits per heavy atom. The van der Waals surface area contributed by atoms with Crippen LogP contribution in [0.3, 0.4) is 0 Å². The average molecular weight is 277 g/mol. The van der Waals surface area contributed by atoms with Gasteiger partial charge in [0.15, 0.2) is 0 Å². The quantitative estimate of drug-likeness (QED) is 0.639. The Morgan fingerprint density at radius 3 is 2.65 bits per heavy atom. The van der Waals surface area contributed by atoms with Crippen LogP contribution >= 0.6 is 0 Å². The molecule has 20 heavy (non-hydrogen) atoms. The molecule has 2 rings (SSSR count). The molecule has 0 aliphatic heterocycles. The third kappa shape index (κ3) is 2.74. The fraction of sp³-hybridized carbons (Fsp3) is 0.500. The second kappa shape index (κ2) is 5.11. The van der Waals surface area contributed by atoms with Crippen LogP contribution in [0.15, 0.2) is 18.2 Å². The Kier molecular flexibility index (Phi) is 3.65. The lowest BCUT2D eigenvalue weighted by atomic mass is 10.1. The van der Waals surface area contributed by atoms with Gasteiger partial charge in [-0.3, -0.25) is 14.9 Å². The molecule has 1 amide bonds. The van der Waals surface area contributed by atoms with E-state index in [9.17, 15) is 14.9 Å². The first kappa shape index (κ1) is 14.3. The van der Waals surface area contributed by atoms with Gasteiger partial charge in [-0.25, -0.2) is 0 Å². The lowest BCUT2D eigenvalue weighted by molar-refractivity contribution is -0.384. The zero-order valence-corrected chi connectivity index (χ0v) is 11.9. The molecule has 108 valence electrons. The summed E-state index contributed by atoms with van der Waals surface area (Å²) in [6.07, 6.45) is 1.10. The van der Waals surface area contributed by atoms with Crippen molar-refractivity contribution in [1.29, 1.82) is 0 Å². The number of amides is 1. The van der Waals surface area contributed by atoms with Crippen LogP contribution in [-0.4, -0.2) is 24.4 Å². The number of nitrogens with one attached hydrogen (secondary N) is 2. The summed E-state index contributed by atoms with van der Waals surface area (Å²) in [6.45, 7) is 4.93. The van der Waals surface area contributed by atoms with Crippen molar-refractivity contribution in [2.24, 2.45) is 11.3 Å². The summed E-state index contributed by atoms with van der Waals surface area (Å²) < 4.78 is 0. The highest BCUT2D eigenvalue weighted by Gasteiger charge is 2.45. The van der Waals surface area contributed by atoms with Crippen molar-refractivity contribution in [3.63, 3.8) is 0 Å². The van der Waals surface area contributed by atoms with Crippen LogP contribution in [0.4, 0.5) is 11.4 Å². The Morgan fingerprint density at radius 2 is 2.15 bits per heavy atom. The maximum Gasteiger partial charge on any atom is 0.293 e. The second-order valence-electron chi connectivity index (χ2n) is 5.81. The molecule has 1 aromatic rings. The summed E-state index contributed by atoms with van der Waals surface area (Å²) in [5.41, 5.74) is 0.763. The molecule has 0 heterocycles. The molecule has 1 atom stereocenters. The third-order valence-electron chi connectivity index (χ3n) is 3.96.